The van der Waals surface area contributed by atoms with Crippen molar-refractivity contribution in [1.29, 1.82) is 0 Å². The van der Waals surface area contributed by atoms with Crippen molar-refractivity contribution in [2.24, 2.45) is 5.92 Å². The molecule has 0 aliphatic heterocycles. The molecule has 1 amide bonds. The fourth-order valence-corrected chi connectivity index (χ4v) is 2.55. The Morgan fingerprint density at radius 2 is 1.87 bits per heavy atom. The number of rotatable bonds is 3. The van der Waals surface area contributed by atoms with Gasteiger partial charge in [-0.25, -0.2) is 4.98 Å². The molecule has 0 saturated heterocycles. The van der Waals surface area contributed by atoms with Gasteiger partial charge in [0.1, 0.15) is 5.82 Å². The number of carbonyl (C=O) groups is 1. The maximum absolute atomic E-state index is 12.5. The summed E-state index contributed by atoms with van der Waals surface area (Å²) in [6.45, 7) is 0. The second-order valence-electron chi connectivity index (χ2n) is 5.42. The number of hydrogen-bond acceptors (Lipinski definition) is 2. The summed E-state index contributed by atoms with van der Waals surface area (Å²) in [5.74, 6) is -0.0870. The third-order valence-corrected chi connectivity index (χ3v) is 4.00. The van der Waals surface area contributed by atoms with Crippen molar-refractivity contribution in [3.05, 3.63) is 58.7 Å². The first kappa shape index (κ1) is 15.8. The molecule has 0 bridgehead atoms. The molecule has 3 nitrogen and oxygen atoms in total. The van der Waals surface area contributed by atoms with Crippen LogP contribution in [-0.2, 0) is 11.0 Å². The SMILES string of the molecule is O=C(Nc1ccc(Cl)cn1)C1CC1c1ccc(C(F)(F)F)cc1. The van der Waals surface area contributed by atoms with Crippen LogP contribution in [0.3, 0.4) is 0 Å². The monoisotopic (exact) mass is 340 g/mol. The Labute approximate surface area is 135 Å². The van der Waals surface area contributed by atoms with E-state index in [0.717, 1.165) is 17.7 Å². The molecule has 1 aromatic carbocycles. The summed E-state index contributed by atoms with van der Waals surface area (Å²) in [5, 5.41) is 3.15. The number of aromatic nitrogens is 1. The van der Waals surface area contributed by atoms with E-state index >= 15 is 0 Å². The molecule has 1 N–H and O–H groups in total. The van der Waals surface area contributed by atoms with Crippen LogP contribution in [0.5, 0.6) is 0 Å². The number of pyridine rings is 1. The minimum atomic E-state index is -4.35. The molecule has 1 heterocycles. The summed E-state index contributed by atoms with van der Waals surface area (Å²) < 4.78 is 37.6. The Hall–Kier alpha value is -2.08. The Morgan fingerprint density at radius 3 is 2.43 bits per heavy atom. The zero-order chi connectivity index (χ0) is 16.6. The largest absolute Gasteiger partial charge is 0.416 e. The second kappa shape index (κ2) is 5.85. The van der Waals surface area contributed by atoms with Crippen molar-refractivity contribution in [2.45, 2.75) is 18.5 Å². The van der Waals surface area contributed by atoms with Gasteiger partial charge in [0, 0.05) is 12.1 Å². The van der Waals surface area contributed by atoms with Crippen LogP contribution >= 0.6 is 11.6 Å². The molecular weight excluding hydrogens is 329 g/mol. The molecule has 2 unspecified atom stereocenters. The second-order valence-corrected chi connectivity index (χ2v) is 5.86. The minimum Gasteiger partial charge on any atom is -0.310 e. The lowest BCUT2D eigenvalue weighted by atomic mass is 10.1. The number of hydrogen-bond donors (Lipinski definition) is 1. The van der Waals surface area contributed by atoms with Crippen molar-refractivity contribution in [3.8, 4) is 0 Å². The van der Waals surface area contributed by atoms with Gasteiger partial charge in [-0.05, 0) is 42.2 Å². The van der Waals surface area contributed by atoms with Gasteiger partial charge in [-0.1, -0.05) is 23.7 Å². The summed E-state index contributed by atoms with van der Waals surface area (Å²) in [6, 6.07) is 8.16. The summed E-state index contributed by atoms with van der Waals surface area (Å²) in [5.41, 5.74) is 0.0514. The lowest BCUT2D eigenvalue weighted by Crippen LogP contribution is -2.15. The van der Waals surface area contributed by atoms with Crippen LogP contribution in [0.15, 0.2) is 42.6 Å². The highest BCUT2D eigenvalue weighted by Crippen LogP contribution is 2.48. The summed E-state index contributed by atoms with van der Waals surface area (Å²) in [4.78, 5) is 16.1. The zero-order valence-corrected chi connectivity index (χ0v) is 12.5. The molecule has 1 fully saturated rings. The van der Waals surface area contributed by atoms with Gasteiger partial charge in [-0.15, -0.1) is 0 Å². The van der Waals surface area contributed by atoms with Crippen molar-refractivity contribution < 1.29 is 18.0 Å². The van der Waals surface area contributed by atoms with E-state index < -0.39 is 11.7 Å². The highest BCUT2D eigenvalue weighted by molar-refractivity contribution is 6.30. The van der Waals surface area contributed by atoms with Crippen LogP contribution in [-0.4, -0.2) is 10.9 Å². The van der Waals surface area contributed by atoms with Gasteiger partial charge in [-0.3, -0.25) is 4.79 Å². The van der Waals surface area contributed by atoms with Crippen molar-refractivity contribution >= 4 is 23.3 Å². The molecule has 3 rings (SSSR count). The van der Waals surface area contributed by atoms with Gasteiger partial charge >= 0.3 is 6.18 Å². The molecule has 1 aliphatic carbocycles. The summed E-state index contributed by atoms with van der Waals surface area (Å²) in [6.07, 6.45) is -2.30. The normalized spacial score (nSPS) is 20.2. The molecule has 1 aromatic heterocycles. The van der Waals surface area contributed by atoms with E-state index in [4.69, 9.17) is 11.6 Å². The fraction of sp³-hybridized carbons (Fsp3) is 0.250. The molecule has 1 aliphatic rings. The van der Waals surface area contributed by atoms with Gasteiger partial charge in [0.05, 0.1) is 10.6 Å². The number of benzene rings is 1. The fourth-order valence-electron chi connectivity index (χ4n) is 2.44. The van der Waals surface area contributed by atoms with E-state index in [2.05, 4.69) is 10.3 Å². The quantitative estimate of drug-likeness (QED) is 0.894. The molecule has 120 valence electrons. The maximum Gasteiger partial charge on any atom is 0.416 e. The van der Waals surface area contributed by atoms with Crippen LogP contribution in [0.1, 0.15) is 23.5 Å². The molecule has 23 heavy (non-hydrogen) atoms. The van der Waals surface area contributed by atoms with Crippen LogP contribution < -0.4 is 5.32 Å². The van der Waals surface area contributed by atoms with Crippen LogP contribution in [0.4, 0.5) is 19.0 Å². The predicted molar refractivity (Wildman–Crippen MR) is 80.2 cm³/mol. The first-order valence-corrected chi connectivity index (χ1v) is 7.32. The first-order valence-electron chi connectivity index (χ1n) is 6.94. The number of alkyl halides is 3. The van der Waals surface area contributed by atoms with E-state index in [9.17, 15) is 18.0 Å². The van der Waals surface area contributed by atoms with E-state index in [0.29, 0.717) is 17.3 Å². The number of nitrogens with zero attached hydrogens (tertiary/aromatic N) is 1. The van der Waals surface area contributed by atoms with Crippen LogP contribution in [0, 0.1) is 5.92 Å². The third-order valence-electron chi connectivity index (χ3n) is 3.77. The van der Waals surface area contributed by atoms with Gasteiger partial charge in [-0.2, -0.15) is 13.2 Å². The van der Waals surface area contributed by atoms with E-state index in [-0.39, 0.29) is 17.7 Å². The smallest absolute Gasteiger partial charge is 0.310 e. The highest BCUT2D eigenvalue weighted by Gasteiger charge is 2.44. The number of amides is 1. The summed E-state index contributed by atoms with van der Waals surface area (Å²) in [7, 11) is 0. The van der Waals surface area contributed by atoms with Crippen LogP contribution in [0.25, 0.3) is 0 Å². The standard InChI is InChI=1S/C16H12ClF3N2O/c17-11-5-6-14(21-8-11)22-15(23)13-7-12(13)9-1-3-10(4-2-9)16(18,19)20/h1-6,8,12-13H,7H2,(H,21,22,23). The molecule has 1 saturated carbocycles. The maximum atomic E-state index is 12.5. The number of halogens is 4. The van der Waals surface area contributed by atoms with Crippen molar-refractivity contribution in [2.75, 3.05) is 5.32 Å². The molecule has 7 heteroatoms. The highest BCUT2D eigenvalue weighted by atomic mass is 35.5. The Balaban J connectivity index is 1.62. The average Bonchev–Trinajstić information content (AvgIpc) is 3.29. The first-order chi connectivity index (χ1) is 10.8. The lowest BCUT2D eigenvalue weighted by Gasteiger charge is -2.07. The van der Waals surface area contributed by atoms with E-state index in [1.165, 1.54) is 18.3 Å². The molecule has 0 spiro atoms. The topological polar surface area (TPSA) is 42.0 Å². The van der Waals surface area contributed by atoms with Gasteiger partial charge in [0.2, 0.25) is 5.91 Å². The van der Waals surface area contributed by atoms with Gasteiger partial charge in [0.15, 0.2) is 0 Å². The lowest BCUT2D eigenvalue weighted by molar-refractivity contribution is -0.137. The molecular formula is C16H12ClF3N2O. The average molecular weight is 341 g/mol. The molecule has 2 atom stereocenters. The Kier molecular flexibility index (Phi) is 4.02. The van der Waals surface area contributed by atoms with E-state index in [1.54, 1.807) is 12.1 Å². The molecule has 2 aromatic rings. The van der Waals surface area contributed by atoms with Gasteiger partial charge < -0.3 is 5.32 Å². The predicted octanol–water partition coefficient (Wildman–Crippen LogP) is 4.50. The minimum absolute atomic E-state index is 0.0513. The van der Waals surface area contributed by atoms with Gasteiger partial charge in [0.25, 0.3) is 0 Å². The van der Waals surface area contributed by atoms with Crippen molar-refractivity contribution in [1.82, 2.24) is 4.98 Å². The zero-order valence-electron chi connectivity index (χ0n) is 11.8. The Bertz CT molecular complexity index is 714. The number of carbonyl (C=O) groups excluding carboxylic acids is 1. The molecule has 0 radical (unpaired) electrons. The van der Waals surface area contributed by atoms with Crippen LogP contribution in [0.2, 0.25) is 5.02 Å². The van der Waals surface area contributed by atoms with Crippen molar-refractivity contribution in [3.63, 3.8) is 0 Å². The third kappa shape index (κ3) is 3.64. The van der Waals surface area contributed by atoms with E-state index in [1.807, 2.05) is 0 Å². The number of nitrogens with one attached hydrogen (secondary N) is 1. The number of anilines is 1. The summed E-state index contributed by atoms with van der Waals surface area (Å²) >= 11 is 5.72. The Morgan fingerprint density at radius 1 is 1.17 bits per heavy atom.